The normalized spacial score (nSPS) is 50.2. The van der Waals surface area contributed by atoms with Crippen molar-refractivity contribution in [2.45, 2.75) is 78.2 Å². The zero-order valence-corrected chi connectivity index (χ0v) is 16.0. The molecule has 0 aromatic rings. The Hall–Kier alpha value is -0.830. The lowest BCUT2D eigenvalue weighted by Gasteiger charge is -2.58. The number of aliphatic carboxylic acids is 1. The maximum Gasteiger partial charge on any atom is 0.306 e. The van der Waals surface area contributed by atoms with Gasteiger partial charge in [0.1, 0.15) is 0 Å². The Bertz CT molecular complexity index is 596. The molecule has 0 heterocycles. The number of carboxylic acid groups (broad SMARTS) is 1. The molecule has 4 rings (SSSR count). The summed E-state index contributed by atoms with van der Waals surface area (Å²) < 4.78 is 0. The highest BCUT2D eigenvalue weighted by atomic mass is 16.4. The molecule has 0 aromatic carbocycles. The van der Waals surface area contributed by atoms with Crippen molar-refractivity contribution >= 4 is 5.97 Å². The Labute approximate surface area is 151 Å². The third-order valence-electron chi connectivity index (χ3n) is 9.14. The first kappa shape index (κ1) is 17.6. The number of hydrogen-bond acceptors (Lipinski definition) is 2. The van der Waals surface area contributed by atoms with Crippen molar-refractivity contribution in [3.63, 3.8) is 0 Å². The van der Waals surface area contributed by atoms with Gasteiger partial charge in [0, 0.05) is 0 Å². The second kappa shape index (κ2) is 5.84. The largest absolute Gasteiger partial charge is 0.481 e. The van der Waals surface area contributed by atoms with Gasteiger partial charge in [0.2, 0.25) is 0 Å². The number of aliphatic hydroxyl groups excluding tert-OH is 1. The molecule has 0 aromatic heterocycles. The van der Waals surface area contributed by atoms with E-state index >= 15 is 0 Å². The Kier molecular flexibility index (Phi) is 4.10. The van der Waals surface area contributed by atoms with Crippen molar-refractivity contribution in [1.29, 1.82) is 0 Å². The number of hydrogen-bond donors (Lipinski definition) is 2. The van der Waals surface area contributed by atoms with Crippen LogP contribution in [0.2, 0.25) is 0 Å². The number of rotatable bonds is 2. The summed E-state index contributed by atoms with van der Waals surface area (Å²) in [5.41, 5.74) is 2.00. The van der Waals surface area contributed by atoms with E-state index in [4.69, 9.17) is 0 Å². The Balaban J connectivity index is 1.63. The molecule has 0 radical (unpaired) electrons. The molecule has 0 amide bonds. The molecule has 140 valence electrons. The summed E-state index contributed by atoms with van der Waals surface area (Å²) in [5, 5.41) is 19.7. The maximum atomic E-state index is 11.6. The van der Waals surface area contributed by atoms with Crippen molar-refractivity contribution in [2.75, 3.05) is 0 Å². The Morgan fingerprint density at radius 2 is 1.92 bits per heavy atom. The Morgan fingerprint density at radius 1 is 1.16 bits per heavy atom. The van der Waals surface area contributed by atoms with E-state index in [-0.39, 0.29) is 22.9 Å². The molecule has 3 saturated carbocycles. The van der Waals surface area contributed by atoms with E-state index in [9.17, 15) is 15.0 Å². The maximum absolute atomic E-state index is 11.6. The highest BCUT2D eigenvalue weighted by molar-refractivity contribution is 5.70. The molecule has 0 spiro atoms. The van der Waals surface area contributed by atoms with Crippen molar-refractivity contribution in [2.24, 2.45) is 40.4 Å². The summed E-state index contributed by atoms with van der Waals surface area (Å²) >= 11 is 0. The number of allylic oxidation sites excluding steroid dienone is 1. The van der Waals surface area contributed by atoms with Crippen LogP contribution in [0.15, 0.2) is 11.6 Å². The van der Waals surface area contributed by atoms with Crippen molar-refractivity contribution in [3.8, 4) is 0 Å². The van der Waals surface area contributed by atoms with Crippen LogP contribution >= 0.6 is 0 Å². The number of fused-ring (bicyclic) bond motifs is 5. The summed E-state index contributed by atoms with van der Waals surface area (Å²) in [5.74, 6) is 1.63. The van der Waals surface area contributed by atoms with E-state index in [1.54, 1.807) is 0 Å². The van der Waals surface area contributed by atoms with Crippen LogP contribution in [0.4, 0.5) is 0 Å². The molecule has 3 fully saturated rings. The number of aliphatic hydroxyl groups is 1. The lowest BCUT2D eigenvalue weighted by Crippen LogP contribution is -2.51. The fourth-order valence-electron chi connectivity index (χ4n) is 7.68. The topological polar surface area (TPSA) is 57.5 Å². The summed E-state index contributed by atoms with van der Waals surface area (Å²) in [7, 11) is 0. The lowest BCUT2D eigenvalue weighted by atomic mass is 9.47. The standard InChI is InChI=1S/C22H34O3/c1-13(20(24)25)17-6-7-18-16-5-4-14-12-15(23)8-10-21(14,2)19(16)9-11-22(17,18)3/h4,13,15-19,23H,5-12H2,1-3H3,(H,24,25)/t13-,15+,16-,17-,18+,19+,21-,22+/m0/s1. The first-order valence-electron chi connectivity index (χ1n) is 10.4. The molecule has 0 aliphatic heterocycles. The van der Waals surface area contributed by atoms with E-state index in [1.165, 1.54) is 24.8 Å². The fraction of sp³-hybridized carbons (Fsp3) is 0.864. The van der Waals surface area contributed by atoms with Gasteiger partial charge in [0.05, 0.1) is 12.0 Å². The van der Waals surface area contributed by atoms with Crippen LogP contribution in [0.5, 0.6) is 0 Å². The number of carbonyl (C=O) groups is 1. The second-order valence-corrected chi connectivity index (χ2v) is 10.0. The quantitative estimate of drug-likeness (QED) is 0.716. The van der Waals surface area contributed by atoms with Gasteiger partial charge in [-0.05, 0) is 85.9 Å². The zero-order chi connectivity index (χ0) is 18.0. The molecule has 2 N–H and O–H groups in total. The SMILES string of the molecule is C[C@H](C(=O)O)[C@@H]1CC[C@@H]2[C@@H]3CC=C4C[C@H](O)CC[C@]4(C)[C@@H]3CC[C@@]21C. The van der Waals surface area contributed by atoms with Crippen molar-refractivity contribution in [1.82, 2.24) is 0 Å². The van der Waals surface area contributed by atoms with E-state index in [0.29, 0.717) is 17.8 Å². The van der Waals surface area contributed by atoms with Crippen LogP contribution in [0.1, 0.15) is 72.1 Å². The van der Waals surface area contributed by atoms with Crippen molar-refractivity contribution in [3.05, 3.63) is 11.6 Å². The van der Waals surface area contributed by atoms with E-state index in [0.717, 1.165) is 38.0 Å². The average Bonchev–Trinajstić information content (AvgIpc) is 2.92. The van der Waals surface area contributed by atoms with Gasteiger partial charge in [-0.25, -0.2) is 0 Å². The first-order valence-corrected chi connectivity index (χ1v) is 10.4. The van der Waals surface area contributed by atoms with Crippen LogP contribution < -0.4 is 0 Å². The van der Waals surface area contributed by atoms with Gasteiger partial charge in [-0.3, -0.25) is 4.79 Å². The van der Waals surface area contributed by atoms with Gasteiger partial charge in [0.15, 0.2) is 0 Å². The van der Waals surface area contributed by atoms with E-state index in [1.807, 2.05) is 6.92 Å². The third-order valence-corrected chi connectivity index (χ3v) is 9.14. The molecule has 0 unspecified atom stereocenters. The van der Waals surface area contributed by atoms with Gasteiger partial charge in [-0.1, -0.05) is 32.4 Å². The summed E-state index contributed by atoms with van der Waals surface area (Å²) in [4.78, 5) is 11.6. The first-order chi connectivity index (χ1) is 11.8. The van der Waals surface area contributed by atoms with Crippen LogP contribution in [-0.2, 0) is 4.79 Å². The van der Waals surface area contributed by atoms with Crippen LogP contribution in [0.3, 0.4) is 0 Å². The minimum Gasteiger partial charge on any atom is -0.481 e. The molecule has 4 aliphatic rings. The summed E-state index contributed by atoms with van der Waals surface area (Å²) in [6.07, 6.45) is 11.1. The number of carboxylic acids is 1. The smallest absolute Gasteiger partial charge is 0.306 e. The van der Waals surface area contributed by atoms with Gasteiger partial charge < -0.3 is 10.2 Å². The minimum absolute atomic E-state index is 0.142. The fourth-order valence-corrected chi connectivity index (χ4v) is 7.68. The highest BCUT2D eigenvalue weighted by Gasteiger charge is 2.59. The predicted octanol–water partition coefficient (Wildman–Crippen LogP) is 4.65. The van der Waals surface area contributed by atoms with Gasteiger partial charge in [-0.2, -0.15) is 0 Å². The second-order valence-electron chi connectivity index (χ2n) is 10.0. The molecular formula is C22H34O3. The molecule has 3 heteroatoms. The van der Waals surface area contributed by atoms with Crippen LogP contribution in [0, 0.1) is 40.4 Å². The zero-order valence-electron chi connectivity index (χ0n) is 16.0. The average molecular weight is 347 g/mol. The molecule has 4 aliphatic carbocycles. The highest BCUT2D eigenvalue weighted by Crippen LogP contribution is 2.67. The minimum atomic E-state index is -0.618. The molecule has 8 atom stereocenters. The van der Waals surface area contributed by atoms with Gasteiger partial charge >= 0.3 is 5.97 Å². The monoisotopic (exact) mass is 346 g/mol. The molecule has 0 bridgehead atoms. The lowest BCUT2D eigenvalue weighted by molar-refractivity contribution is -0.146. The van der Waals surface area contributed by atoms with Crippen molar-refractivity contribution < 1.29 is 15.0 Å². The predicted molar refractivity (Wildman–Crippen MR) is 98.0 cm³/mol. The molecule has 0 saturated heterocycles. The summed E-state index contributed by atoms with van der Waals surface area (Å²) in [6, 6.07) is 0. The van der Waals surface area contributed by atoms with E-state index in [2.05, 4.69) is 19.9 Å². The van der Waals surface area contributed by atoms with Gasteiger partial charge in [0.25, 0.3) is 0 Å². The van der Waals surface area contributed by atoms with E-state index < -0.39 is 5.97 Å². The van der Waals surface area contributed by atoms with Gasteiger partial charge in [-0.15, -0.1) is 0 Å². The molecule has 25 heavy (non-hydrogen) atoms. The molecule has 3 nitrogen and oxygen atoms in total. The van der Waals surface area contributed by atoms with Crippen LogP contribution in [-0.4, -0.2) is 22.3 Å². The third kappa shape index (κ3) is 2.44. The van der Waals surface area contributed by atoms with Crippen LogP contribution in [0.25, 0.3) is 0 Å². The molecular weight excluding hydrogens is 312 g/mol. The Morgan fingerprint density at radius 3 is 2.64 bits per heavy atom. The summed E-state index contributed by atoms with van der Waals surface area (Å²) in [6.45, 7) is 6.78.